The Bertz CT molecular complexity index is 1310. The maximum atomic E-state index is 13.6. The van der Waals surface area contributed by atoms with Gasteiger partial charge in [-0.25, -0.2) is 9.18 Å². The quantitative estimate of drug-likeness (QED) is 0.338. The summed E-state index contributed by atoms with van der Waals surface area (Å²) >= 11 is 0. The van der Waals surface area contributed by atoms with Crippen LogP contribution in [0.2, 0.25) is 0 Å². The number of furan rings is 1. The van der Waals surface area contributed by atoms with Crippen molar-refractivity contribution in [3.8, 4) is 0 Å². The Kier molecular flexibility index (Phi) is 10.0. The zero-order valence-corrected chi connectivity index (χ0v) is 22.6. The van der Waals surface area contributed by atoms with E-state index in [1.807, 2.05) is 0 Å². The second kappa shape index (κ2) is 13.6. The molecule has 0 aliphatic carbocycles. The molecule has 0 unspecified atom stereocenters. The molecule has 0 spiro atoms. The molecule has 1 aromatic heterocycles. The number of morpholine rings is 1. The first kappa shape index (κ1) is 30.1. The summed E-state index contributed by atoms with van der Waals surface area (Å²) in [5, 5.41) is 2.35. The number of benzene rings is 2. The van der Waals surface area contributed by atoms with Gasteiger partial charge in [0.2, 0.25) is 5.91 Å². The summed E-state index contributed by atoms with van der Waals surface area (Å²) in [6, 6.07) is 13.0. The maximum absolute atomic E-state index is 13.6. The molecule has 1 saturated heterocycles. The minimum Gasteiger partial charge on any atom is -0.464 e. The number of ether oxygens (including phenoxy) is 1. The molecule has 3 amide bonds. The number of hydrogen-bond donors (Lipinski definition) is 1. The highest BCUT2D eigenvalue weighted by Gasteiger charge is 2.34. The lowest BCUT2D eigenvalue weighted by molar-refractivity contribution is -0.137. The molecule has 1 aliphatic rings. The second-order valence-electron chi connectivity index (χ2n) is 9.74. The Hall–Kier alpha value is -3.90. The van der Waals surface area contributed by atoms with Crippen LogP contribution in [0.5, 0.6) is 0 Å². The van der Waals surface area contributed by atoms with Crippen LogP contribution >= 0.6 is 0 Å². The lowest BCUT2D eigenvalue weighted by atomic mass is 10.1. The van der Waals surface area contributed by atoms with Crippen LogP contribution in [-0.4, -0.2) is 72.6 Å². The summed E-state index contributed by atoms with van der Waals surface area (Å²) in [7, 11) is 0. The van der Waals surface area contributed by atoms with Crippen molar-refractivity contribution < 1.29 is 36.3 Å². The van der Waals surface area contributed by atoms with Gasteiger partial charge in [0.05, 0.1) is 31.0 Å². The van der Waals surface area contributed by atoms with Gasteiger partial charge in [0.15, 0.2) is 0 Å². The van der Waals surface area contributed by atoms with Crippen LogP contribution in [0.15, 0.2) is 65.1 Å². The number of alkyl halides is 3. The molecule has 1 fully saturated rings. The summed E-state index contributed by atoms with van der Waals surface area (Å²) in [4.78, 5) is 31.7. The van der Waals surface area contributed by atoms with E-state index in [-0.39, 0.29) is 19.6 Å². The van der Waals surface area contributed by atoms with Crippen LogP contribution in [-0.2, 0) is 28.8 Å². The molecule has 1 aliphatic heterocycles. The molecule has 41 heavy (non-hydrogen) atoms. The normalized spacial score (nSPS) is 14.1. The second-order valence-corrected chi connectivity index (χ2v) is 9.74. The predicted molar refractivity (Wildman–Crippen MR) is 143 cm³/mol. The number of para-hydroxylation sites is 1. The molecule has 3 aromatic rings. The van der Waals surface area contributed by atoms with E-state index in [1.165, 1.54) is 40.1 Å². The van der Waals surface area contributed by atoms with Gasteiger partial charge >= 0.3 is 12.2 Å². The van der Waals surface area contributed by atoms with Crippen molar-refractivity contribution in [1.29, 1.82) is 0 Å². The van der Waals surface area contributed by atoms with E-state index in [2.05, 4.69) is 10.2 Å². The van der Waals surface area contributed by atoms with Gasteiger partial charge in [0.25, 0.3) is 0 Å². The van der Waals surface area contributed by atoms with Crippen LogP contribution in [0.1, 0.15) is 22.6 Å². The molecule has 0 radical (unpaired) electrons. The molecular formula is C29H32F4N4O4. The van der Waals surface area contributed by atoms with Gasteiger partial charge in [-0.15, -0.1) is 0 Å². The minimum absolute atomic E-state index is 0.0832. The van der Waals surface area contributed by atoms with Crippen molar-refractivity contribution in [1.82, 2.24) is 14.7 Å². The number of carbonyl (C=O) groups is 2. The standard InChI is InChI=1S/C29H32F4N4O4/c1-21-6-11-24(41-21)19-37(18-22-7-9-23(30)10-8-22)27(38)20-36(13-12-35-14-16-40-17-15-35)28(39)34-26-5-3-2-4-25(26)29(31,32)33/h2-11H,12-20H2,1H3,(H,34,39). The SMILES string of the molecule is Cc1ccc(CN(Cc2ccc(F)cc2)C(=O)CN(CCN2CCOCC2)C(=O)Nc2ccccc2C(F)(F)F)o1. The fourth-order valence-electron chi connectivity index (χ4n) is 4.44. The average molecular weight is 577 g/mol. The fourth-order valence-corrected chi connectivity index (χ4v) is 4.44. The van der Waals surface area contributed by atoms with Crippen LogP contribution < -0.4 is 5.32 Å². The lowest BCUT2D eigenvalue weighted by Crippen LogP contribution is -2.48. The topological polar surface area (TPSA) is 78.3 Å². The van der Waals surface area contributed by atoms with Crippen LogP contribution in [0, 0.1) is 12.7 Å². The zero-order chi connectivity index (χ0) is 29.4. The molecule has 0 saturated carbocycles. The number of urea groups is 1. The van der Waals surface area contributed by atoms with Crippen molar-refractivity contribution in [2.24, 2.45) is 0 Å². The van der Waals surface area contributed by atoms with E-state index in [0.29, 0.717) is 49.9 Å². The number of amides is 3. The summed E-state index contributed by atoms with van der Waals surface area (Å²) in [6.07, 6.45) is -4.68. The van der Waals surface area contributed by atoms with Crippen molar-refractivity contribution in [3.63, 3.8) is 0 Å². The number of aryl methyl sites for hydroxylation is 1. The number of carbonyl (C=O) groups excluding carboxylic acids is 2. The highest BCUT2D eigenvalue weighted by molar-refractivity contribution is 5.93. The molecule has 8 nitrogen and oxygen atoms in total. The molecule has 1 N–H and O–H groups in total. The van der Waals surface area contributed by atoms with Gasteiger partial charge in [-0.1, -0.05) is 24.3 Å². The van der Waals surface area contributed by atoms with Gasteiger partial charge in [-0.05, 0) is 48.9 Å². The number of halogens is 4. The first-order valence-electron chi connectivity index (χ1n) is 13.2. The van der Waals surface area contributed by atoms with Crippen LogP contribution in [0.4, 0.5) is 28.0 Å². The number of nitrogens with zero attached hydrogens (tertiary/aromatic N) is 3. The lowest BCUT2D eigenvalue weighted by Gasteiger charge is -2.31. The van der Waals surface area contributed by atoms with Crippen molar-refractivity contribution in [3.05, 3.63) is 89.1 Å². The van der Waals surface area contributed by atoms with Gasteiger partial charge in [0.1, 0.15) is 23.9 Å². The Morgan fingerprint density at radius 3 is 2.32 bits per heavy atom. The van der Waals surface area contributed by atoms with Gasteiger partial charge in [-0.3, -0.25) is 9.69 Å². The smallest absolute Gasteiger partial charge is 0.418 e. The third-order valence-electron chi connectivity index (χ3n) is 6.66. The Morgan fingerprint density at radius 1 is 0.951 bits per heavy atom. The number of nitrogens with one attached hydrogen (secondary N) is 1. The number of hydrogen-bond acceptors (Lipinski definition) is 5. The van der Waals surface area contributed by atoms with E-state index in [1.54, 1.807) is 31.2 Å². The van der Waals surface area contributed by atoms with Crippen molar-refractivity contribution >= 4 is 17.6 Å². The van der Waals surface area contributed by atoms with Gasteiger partial charge < -0.3 is 24.3 Å². The largest absolute Gasteiger partial charge is 0.464 e. The van der Waals surface area contributed by atoms with E-state index >= 15 is 0 Å². The molecule has 4 rings (SSSR count). The fraction of sp³-hybridized carbons (Fsp3) is 0.379. The number of rotatable bonds is 10. The predicted octanol–water partition coefficient (Wildman–Crippen LogP) is 5.14. The molecule has 220 valence electrons. The highest BCUT2D eigenvalue weighted by atomic mass is 19.4. The highest BCUT2D eigenvalue weighted by Crippen LogP contribution is 2.34. The Labute approximate surface area is 235 Å². The van der Waals surface area contributed by atoms with Gasteiger partial charge in [-0.2, -0.15) is 13.2 Å². The average Bonchev–Trinajstić information content (AvgIpc) is 3.36. The summed E-state index contributed by atoms with van der Waals surface area (Å²) in [5.74, 6) is 0.299. The molecule has 0 atom stereocenters. The zero-order valence-electron chi connectivity index (χ0n) is 22.6. The first-order chi connectivity index (χ1) is 19.6. The van der Waals surface area contributed by atoms with Gasteiger partial charge in [0, 0.05) is 32.7 Å². The molecule has 2 aromatic carbocycles. The van der Waals surface area contributed by atoms with E-state index in [4.69, 9.17) is 9.15 Å². The third kappa shape index (κ3) is 8.79. The molecule has 0 bridgehead atoms. The monoisotopic (exact) mass is 576 g/mol. The summed E-state index contributed by atoms with van der Waals surface area (Å²) in [5.41, 5.74) is -0.728. The Balaban J connectivity index is 1.55. The van der Waals surface area contributed by atoms with E-state index < -0.39 is 41.7 Å². The maximum Gasteiger partial charge on any atom is 0.418 e. The van der Waals surface area contributed by atoms with Crippen molar-refractivity contribution in [2.75, 3.05) is 51.3 Å². The third-order valence-corrected chi connectivity index (χ3v) is 6.66. The first-order valence-corrected chi connectivity index (χ1v) is 13.2. The number of anilines is 1. The van der Waals surface area contributed by atoms with Crippen molar-refractivity contribution in [2.45, 2.75) is 26.2 Å². The van der Waals surface area contributed by atoms with Crippen LogP contribution in [0.3, 0.4) is 0 Å². The molecule has 12 heteroatoms. The van der Waals surface area contributed by atoms with Crippen LogP contribution in [0.25, 0.3) is 0 Å². The molecular weight excluding hydrogens is 544 g/mol. The van der Waals surface area contributed by atoms with E-state index in [0.717, 1.165) is 6.07 Å². The minimum atomic E-state index is -4.68. The summed E-state index contributed by atoms with van der Waals surface area (Å²) < 4.78 is 65.2. The van der Waals surface area contributed by atoms with E-state index in [9.17, 15) is 27.2 Å². The summed E-state index contributed by atoms with van der Waals surface area (Å²) in [6.45, 7) is 4.38. The Morgan fingerprint density at radius 2 is 1.66 bits per heavy atom. The molecule has 2 heterocycles.